The number of amides is 1. The van der Waals surface area contributed by atoms with Gasteiger partial charge in [0.2, 0.25) is 0 Å². The monoisotopic (exact) mass is 502 g/mol. The van der Waals surface area contributed by atoms with Crippen LogP contribution < -0.4 is 10.1 Å². The van der Waals surface area contributed by atoms with Crippen LogP contribution in [0.2, 0.25) is 5.02 Å². The topological polar surface area (TPSA) is 105 Å². The van der Waals surface area contributed by atoms with Crippen molar-refractivity contribution in [2.75, 3.05) is 11.6 Å². The first-order chi connectivity index (χ1) is 15.3. The van der Waals surface area contributed by atoms with Crippen molar-refractivity contribution in [1.29, 1.82) is 4.78 Å². The van der Waals surface area contributed by atoms with Crippen LogP contribution in [0.4, 0.5) is 23.2 Å². The van der Waals surface area contributed by atoms with E-state index in [2.05, 4.69) is 15.5 Å². The Balaban J connectivity index is 2.11. The lowest BCUT2D eigenvalue weighted by Crippen LogP contribution is -2.21. The van der Waals surface area contributed by atoms with Crippen molar-refractivity contribution in [3.63, 3.8) is 0 Å². The highest BCUT2D eigenvalue weighted by Gasteiger charge is 2.38. The number of anilines is 1. The zero-order valence-electron chi connectivity index (χ0n) is 17.0. The van der Waals surface area contributed by atoms with E-state index in [1.165, 1.54) is 42.7 Å². The minimum absolute atomic E-state index is 0.0546. The second-order valence-electron chi connectivity index (χ2n) is 6.83. The van der Waals surface area contributed by atoms with Crippen LogP contribution in [-0.2, 0) is 15.9 Å². The molecular weight excluding hydrogens is 488 g/mol. The molecule has 174 valence electrons. The van der Waals surface area contributed by atoms with Crippen LogP contribution in [0.3, 0.4) is 0 Å². The predicted molar refractivity (Wildman–Crippen MR) is 113 cm³/mol. The third-order valence-electron chi connectivity index (χ3n) is 4.34. The molecule has 33 heavy (non-hydrogen) atoms. The van der Waals surface area contributed by atoms with Crippen molar-refractivity contribution in [1.82, 2.24) is 10.2 Å². The number of halogens is 5. The molecule has 0 aliphatic heterocycles. The average Bonchev–Trinajstić information content (AvgIpc) is 2.69. The first kappa shape index (κ1) is 24.4. The zero-order chi connectivity index (χ0) is 24.6. The summed E-state index contributed by atoms with van der Waals surface area (Å²) >= 11 is 5.91. The van der Waals surface area contributed by atoms with E-state index in [1.807, 2.05) is 0 Å². The molecule has 1 aromatic heterocycles. The van der Waals surface area contributed by atoms with Gasteiger partial charge in [-0.05, 0) is 42.8 Å². The lowest BCUT2D eigenvalue weighted by molar-refractivity contribution is -0.142. The van der Waals surface area contributed by atoms with Crippen LogP contribution in [0, 0.1) is 17.5 Å². The molecule has 2 aromatic carbocycles. The predicted octanol–water partition coefficient (Wildman–Crippen LogP) is 5.68. The van der Waals surface area contributed by atoms with Crippen molar-refractivity contribution in [3.8, 4) is 11.6 Å². The number of para-hydroxylation sites is 1. The van der Waals surface area contributed by atoms with E-state index in [0.29, 0.717) is 0 Å². The van der Waals surface area contributed by atoms with Gasteiger partial charge in [-0.3, -0.25) is 4.79 Å². The number of nitrogens with zero attached hydrogens (tertiary/aromatic N) is 2. The summed E-state index contributed by atoms with van der Waals surface area (Å²) in [4.78, 5) is 13.1. The van der Waals surface area contributed by atoms with Crippen molar-refractivity contribution < 1.29 is 31.3 Å². The molecule has 0 aliphatic carbocycles. The molecule has 0 bridgehead atoms. The molecule has 1 unspecified atom stereocenters. The highest BCUT2D eigenvalue weighted by Crippen LogP contribution is 2.37. The molecule has 3 rings (SSSR count). The molecule has 1 atom stereocenters. The van der Waals surface area contributed by atoms with Gasteiger partial charge in [0.25, 0.3) is 11.8 Å². The number of benzene rings is 2. The van der Waals surface area contributed by atoms with E-state index in [-0.39, 0.29) is 15.6 Å². The fourth-order valence-electron chi connectivity index (χ4n) is 2.79. The van der Waals surface area contributed by atoms with Gasteiger partial charge in [0.1, 0.15) is 5.56 Å². The molecule has 2 N–H and O–H groups in total. The summed E-state index contributed by atoms with van der Waals surface area (Å²) in [5, 5.41) is 8.59. The van der Waals surface area contributed by atoms with Gasteiger partial charge in [-0.15, -0.1) is 10.2 Å². The molecule has 0 radical (unpaired) electrons. The third-order valence-corrected chi connectivity index (χ3v) is 5.79. The lowest BCUT2D eigenvalue weighted by atomic mass is 10.1. The fourth-order valence-corrected chi connectivity index (χ4v) is 3.69. The van der Waals surface area contributed by atoms with Gasteiger partial charge >= 0.3 is 6.18 Å². The second kappa shape index (κ2) is 8.94. The van der Waals surface area contributed by atoms with Gasteiger partial charge in [-0.2, -0.15) is 13.2 Å². The number of nitrogens with one attached hydrogen (secondary N) is 2. The summed E-state index contributed by atoms with van der Waals surface area (Å²) in [6.45, 7) is 0.987. The van der Waals surface area contributed by atoms with Crippen LogP contribution in [0.15, 0.2) is 47.4 Å². The van der Waals surface area contributed by atoms with Gasteiger partial charge in [0, 0.05) is 16.8 Å². The van der Waals surface area contributed by atoms with E-state index >= 15 is 0 Å². The Morgan fingerprint density at radius 2 is 1.85 bits per heavy atom. The molecule has 1 heterocycles. The molecule has 0 saturated heterocycles. The highest BCUT2D eigenvalue weighted by atomic mass is 35.5. The summed E-state index contributed by atoms with van der Waals surface area (Å²) in [5.74, 6) is -3.28. The minimum atomic E-state index is -4.93. The average molecular weight is 503 g/mol. The van der Waals surface area contributed by atoms with Gasteiger partial charge < -0.3 is 10.1 Å². The zero-order valence-corrected chi connectivity index (χ0v) is 18.5. The van der Waals surface area contributed by atoms with Crippen molar-refractivity contribution in [3.05, 3.63) is 70.1 Å². The van der Waals surface area contributed by atoms with Crippen LogP contribution in [-0.4, -0.2) is 26.6 Å². The quantitative estimate of drug-likeness (QED) is 0.437. The number of aromatic nitrogens is 2. The molecule has 0 saturated carbocycles. The summed E-state index contributed by atoms with van der Waals surface area (Å²) < 4.78 is 79.2. The molecule has 13 heteroatoms. The number of alkyl halides is 3. The summed E-state index contributed by atoms with van der Waals surface area (Å²) in [5.41, 5.74) is -2.66. The summed E-state index contributed by atoms with van der Waals surface area (Å²) in [6, 6.07) is 9.01. The summed E-state index contributed by atoms with van der Waals surface area (Å²) in [7, 11) is -3.12. The van der Waals surface area contributed by atoms with Crippen LogP contribution in [0.25, 0.3) is 0 Å². The number of carbonyl (C=O) groups excluding carboxylic acids is 1. The molecule has 7 nitrogen and oxygen atoms in total. The van der Waals surface area contributed by atoms with Gasteiger partial charge in [0.15, 0.2) is 17.3 Å². The van der Waals surface area contributed by atoms with E-state index in [4.69, 9.17) is 21.1 Å². The summed E-state index contributed by atoms with van der Waals surface area (Å²) in [6.07, 6.45) is -3.76. The molecule has 0 spiro atoms. The molecule has 3 aromatic rings. The number of hydrogen-bond donors (Lipinski definition) is 2. The number of hydrogen-bond acceptors (Lipinski definition) is 6. The molecule has 0 fully saturated rings. The normalized spacial score (nSPS) is 13.3. The number of rotatable bonds is 5. The van der Waals surface area contributed by atoms with Crippen molar-refractivity contribution in [2.45, 2.75) is 18.0 Å². The minimum Gasteiger partial charge on any atom is -0.432 e. The lowest BCUT2D eigenvalue weighted by Gasteiger charge is -2.16. The first-order valence-corrected chi connectivity index (χ1v) is 11.3. The first-order valence-electron chi connectivity index (χ1n) is 9.00. The van der Waals surface area contributed by atoms with Gasteiger partial charge in [0.05, 0.1) is 14.8 Å². The standard InChI is InChI=1S/C20H15ClF4N4O3S/c1-10-15(18(30)27-11-5-3-6-12(9-11)33(2,26)31)19(29-28-17(10)20(23,24)25)32-16-13(21)7-4-8-14(16)22/h3-9,26H,1-2H3,(H,27,30). The SMILES string of the molecule is Cc1c(C(F)(F)F)nnc(Oc2c(F)cccc2Cl)c1C(=O)Nc1cccc(S(C)(=N)=O)c1. The fraction of sp³-hybridized carbons (Fsp3) is 0.150. The van der Waals surface area contributed by atoms with E-state index < -0.39 is 56.1 Å². The van der Waals surface area contributed by atoms with Crippen molar-refractivity contribution in [2.24, 2.45) is 0 Å². The maximum atomic E-state index is 14.2. The van der Waals surface area contributed by atoms with Crippen LogP contribution >= 0.6 is 11.6 Å². The Morgan fingerprint density at radius 3 is 2.45 bits per heavy atom. The Morgan fingerprint density at radius 1 is 1.18 bits per heavy atom. The van der Waals surface area contributed by atoms with Gasteiger partial charge in [-0.25, -0.2) is 13.4 Å². The van der Waals surface area contributed by atoms with Gasteiger partial charge in [-0.1, -0.05) is 23.7 Å². The highest BCUT2D eigenvalue weighted by molar-refractivity contribution is 7.91. The van der Waals surface area contributed by atoms with E-state index in [0.717, 1.165) is 13.0 Å². The smallest absolute Gasteiger partial charge is 0.432 e. The number of carbonyl (C=O) groups is 1. The maximum Gasteiger partial charge on any atom is 0.435 e. The van der Waals surface area contributed by atoms with Crippen LogP contribution in [0.1, 0.15) is 21.6 Å². The molecule has 0 aliphatic rings. The van der Waals surface area contributed by atoms with E-state index in [9.17, 15) is 26.6 Å². The Kier molecular flexibility index (Phi) is 6.61. The molecule has 1 amide bonds. The largest absolute Gasteiger partial charge is 0.435 e. The van der Waals surface area contributed by atoms with E-state index in [1.54, 1.807) is 0 Å². The maximum absolute atomic E-state index is 14.2. The Labute approximate surface area is 190 Å². The van der Waals surface area contributed by atoms with Crippen molar-refractivity contribution >= 4 is 32.9 Å². The molecular formula is C20H15ClF4N4O3S. The second-order valence-corrected chi connectivity index (χ2v) is 9.40. The van der Waals surface area contributed by atoms with Crippen LogP contribution in [0.5, 0.6) is 11.6 Å². The number of ether oxygens (including phenoxy) is 1. The Bertz CT molecular complexity index is 1330. The third kappa shape index (κ3) is 5.40. The Hall–Kier alpha value is -3.25.